The average molecular weight is 376 g/mol. The fourth-order valence-corrected chi connectivity index (χ4v) is 2.68. The standard InChI is InChI=1S/C15H13ClF3N3O3/c16-10-4-1-8(15(17,18)19)5-11(10)20-12(23)6-22-13(24)7-21(14(22)25)9-2-3-9/h1,4-5,9H,2-3,6-7H2,(H,20,23). The first-order valence-corrected chi connectivity index (χ1v) is 7.82. The van der Waals surface area contributed by atoms with E-state index in [4.69, 9.17) is 11.6 Å². The quantitative estimate of drug-likeness (QED) is 0.823. The molecule has 10 heteroatoms. The van der Waals surface area contributed by atoms with Crippen molar-refractivity contribution in [1.82, 2.24) is 9.80 Å². The zero-order chi connectivity index (χ0) is 18.4. The van der Waals surface area contributed by atoms with Gasteiger partial charge in [0.15, 0.2) is 0 Å². The van der Waals surface area contributed by atoms with Crippen molar-refractivity contribution in [2.24, 2.45) is 0 Å². The molecule has 0 radical (unpaired) electrons. The SMILES string of the molecule is O=C(CN1C(=O)CN(C2CC2)C1=O)Nc1cc(C(F)(F)F)ccc1Cl. The van der Waals surface area contributed by atoms with Crippen molar-refractivity contribution >= 4 is 35.1 Å². The van der Waals surface area contributed by atoms with E-state index >= 15 is 0 Å². The van der Waals surface area contributed by atoms with Gasteiger partial charge in [-0.25, -0.2) is 4.79 Å². The molecule has 1 N–H and O–H groups in total. The Morgan fingerprint density at radius 3 is 2.56 bits per heavy atom. The zero-order valence-electron chi connectivity index (χ0n) is 12.8. The van der Waals surface area contributed by atoms with Gasteiger partial charge in [-0.05, 0) is 31.0 Å². The van der Waals surface area contributed by atoms with Gasteiger partial charge in [0.2, 0.25) is 5.91 Å². The van der Waals surface area contributed by atoms with E-state index in [2.05, 4.69) is 5.32 Å². The second-order valence-corrected chi connectivity index (χ2v) is 6.27. The molecular weight excluding hydrogens is 363 g/mol. The van der Waals surface area contributed by atoms with Crippen LogP contribution in [0.15, 0.2) is 18.2 Å². The molecule has 134 valence electrons. The number of urea groups is 1. The molecule has 0 spiro atoms. The van der Waals surface area contributed by atoms with Gasteiger partial charge in [-0.2, -0.15) is 13.2 Å². The molecule has 1 saturated carbocycles. The number of halogens is 4. The second kappa shape index (κ2) is 6.21. The molecule has 2 fully saturated rings. The van der Waals surface area contributed by atoms with Crippen LogP contribution in [-0.2, 0) is 15.8 Å². The van der Waals surface area contributed by atoms with Gasteiger partial charge >= 0.3 is 12.2 Å². The first kappa shape index (κ1) is 17.5. The topological polar surface area (TPSA) is 69.7 Å². The predicted octanol–water partition coefficient (Wildman–Crippen LogP) is 2.72. The minimum atomic E-state index is -4.59. The number of nitrogens with one attached hydrogen (secondary N) is 1. The van der Waals surface area contributed by atoms with Crippen LogP contribution >= 0.6 is 11.6 Å². The summed E-state index contributed by atoms with van der Waals surface area (Å²) in [7, 11) is 0. The third kappa shape index (κ3) is 3.71. The number of nitrogens with zero attached hydrogens (tertiary/aromatic N) is 2. The Morgan fingerprint density at radius 1 is 1.28 bits per heavy atom. The van der Waals surface area contributed by atoms with E-state index in [1.54, 1.807) is 0 Å². The summed E-state index contributed by atoms with van der Waals surface area (Å²) < 4.78 is 38.2. The molecular formula is C15H13ClF3N3O3. The highest BCUT2D eigenvalue weighted by atomic mass is 35.5. The number of hydrogen-bond donors (Lipinski definition) is 1. The van der Waals surface area contributed by atoms with Crippen LogP contribution in [0.1, 0.15) is 18.4 Å². The van der Waals surface area contributed by atoms with E-state index in [-0.39, 0.29) is 23.3 Å². The molecule has 1 aromatic carbocycles. The maximum atomic E-state index is 12.7. The highest BCUT2D eigenvalue weighted by molar-refractivity contribution is 6.33. The van der Waals surface area contributed by atoms with Crippen LogP contribution in [0.4, 0.5) is 23.7 Å². The van der Waals surface area contributed by atoms with Crippen molar-refractivity contribution in [2.75, 3.05) is 18.4 Å². The van der Waals surface area contributed by atoms with Crippen molar-refractivity contribution < 1.29 is 27.6 Å². The first-order chi connectivity index (χ1) is 11.7. The van der Waals surface area contributed by atoms with Gasteiger partial charge < -0.3 is 10.2 Å². The molecule has 0 aromatic heterocycles. The normalized spacial score (nSPS) is 18.1. The molecule has 25 heavy (non-hydrogen) atoms. The Morgan fingerprint density at radius 2 is 1.96 bits per heavy atom. The lowest BCUT2D eigenvalue weighted by Crippen LogP contribution is -2.39. The van der Waals surface area contributed by atoms with Crippen molar-refractivity contribution in [1.29, 1.82) is 0 Å². The van der Waals surface area contributed by atoms with Gasteiger partial charge in [0.05, 0.1) is 16.3 Å². The fourth-order valence-electron chi connectivity index (χ4n) is 2.52. The van der Waals surface area contributed by atoms with Crippen molar-refractivity contribution in [3.05, 3.63) is 28.8 Å². The Labute approximate surface area is 145 Å². The minimum Gasteiger partial charge on any atom is -0.323 e. The number of carbonyl (C=O) groups is 3. The van der Waals surface area contributed by atoms with Crippen LogP contribution in [0.5, 0.6) is 0 Å². The molecule has 1 aromatic rings. The monoisotopic (exact) mass is 375 g/mol. The number of hydrogen-bond acceptors (Lipinski definition) is 3. The second-order valence-electron chi connectivity index (χ2n) is 5.86. The maximum absolute atomic E-state index is 12.7. The van der Waals surface area contributed by atoms with E-state index in [9.17, 15) is 27.6 Å². The molecule has 0 bridgehead atoms. The van der Waals surface area contributed by atoms with Crippen LogP contribution in [0.25, 0.3) is 0 Å². The number of anilines is 1. The molecule has 1 heterocycles. The lowest BCUT2D eigenvalue weighted by atomic mass is 10.2. The highest BCUT2D eigenvalue weighted by Crippen LogP contribution is 2.34. The smallest absolute Gasteiger partial charge is 0.323 e. The molecule has 6 nitrogen and oxygen atoms in total. The third-order valence-corrected chi connectivity index (χ3v) is 4.27. The molecule has 1 saturated heterocycles. The van der Waals surface area contributed by atoms with Crippen LogP contribution in [0.3, 0.4) is 0 Å². The molecule has 1 aliphatic heterocycles. The molecule has 4 amide bonds. The van der Waals surface area contributed by atoms with Crippen molar-refractivity contribution in [3.8, 4) is 0 Å². The summed E-state index contributed by atoms with van der Waals surface area (Å²) in [6.07, 6.45) is -2.95. The first-order valence-electron chi connectivity index (χ1n) is 7.44. The Balaban J connectivity index is 1.68. The summed E-state index contributed by atoms with van der Waals surface area (Å²) in [5.74, 6) is -1.32. The number of alkyl halides is 3. The van der Waals surface area contributed by atoms with Gasteiger partial charge in [-0.1, -0.05) is 11.6 Å². The lowest BCUT2D eigenvalue weighted by molar-refractivity contribution is -0.137. The van der Waals surface area contributed by atoms with Gasteiger partial charge in [0.1, 0.15) is 13.1 Å². The Kier molecular flexibility index (Phi) is 4.36. The van der Waals surface area contributed by atoms with Crippen LogP contribution in [0.2, 0.25) is 5.02 Å². The number of imide groups is 1. The third-order valence-electron chi connectivity index (χ3n) is 3.94. The van der Waals surface area contributed by atoms with Crippen LogP contribution in [-0.4, -0.2) is 46.8 Å². The van der Waals surface area contributed by atoms with E-state index < -0.39 is 36.1 Å². The molecule has 2 aliphatic rings. The number of rotatable bonds is 4. The van der Waals surface area contributed by atoms with E-state index in [1.807, 2.05) is 0 Å². The minimum absolute atomic E-state index is 0.0300. The summed E-state index contributed by atoms with van der Waals surface area (Å²) in [4.78, 5) is 38.2. The number of carbonyl (C=O) groups excluding carboxylic acids is 3. The van der Waals surface area contributed by atoms with Gasteiger partial charge in [-0.3, -0.25) is 14.5 Å². The van der Waals surface area contributed by atoms with Crippen molar-refractivity contribution in [2.45, 2.75) is 25.1 Å². The summed E-state index contributed by atoms with van der Waals surface area (Å²) in [6.45, 7) is -0.658. The van der Waals surface area contributed by atoms with Crippen LogP contribution in [0, 0.1) is 0 Å². The van der Waals surface area contributed by atoms with E-state index in [1.165, 1.54) is 4.90 Å². The Bertz CT molecular complexity index is 749. The number of benzene rings is 1. The van der Waals surface area contributed by atoms with Crippen molar-refractivity contribution in [3.63, 3.8) is 0 Å². The van der Waals surface area contributed by atoms with E-state index in [0.717, 1.165) is 29.9 Å². The Hall–Kier alpha value is -2.29. The molecule has 3 rings (SSSR count). The van der Waals surface area contributed by atoms with Gasteiger partial charge in [-0.15, -0.1) is 0 Å². The summed E-state index contributed by atoms with van der Waals surface area (Å²) >= 11 is 5.80. The lowest BCUT2D eigenvalue weighted by Gasteiger charge is -2.17. The van der Waals surface area contributed by atoms with Gasteiger partial charge in [0.25, 0.3) is 5.91 Å². The highest BCUT2D eigenvalue weighted by Gasteiger charge is 2.44. The van der Waals surface area contributed by atoms with Gasteiger partial charge in [0, 0.05) is 6.04 Å². The molecule has 0 unspecified atom stereocenters. The van der Waals surface area contributed by atoms with Crippen LogP contribution < -0.4 is 5.32 Å². The largest absolute Gasteiger partial charge is 0.416 e. The summed E-state index contributed by atoms with van der Waals surface area (Å²) in [5.41, 5.74) is -1.21. The number of amides is 4. The fraction of sp³-hybridized carbons (Fsp3) is 0.400. The average Bonchev–Trinajstić information content (AvgIpc) is 3.31. The summed E-state index contributed by atoms with van der Waals surface area (Å²) in [6, 6.07) is 1.98. The summed E-state index contributed by atoms with van der Waals surface area (Å²) in [5, 5.41) is 2.13. The predicted molar refractivity (Wildman–Crippen MR) is 81.9 cm³/mol. The zero-order valence-corrected chi connectivity index (χ0v) is 13.5. The molecule has 1 aliphatic carbocycles. The molecule has 0 atom stereocenters. The maximum Gasteiger partial charge on any atom is 0.416 e. The van der Waals surface area contributed by atoms with E-state index in [0.29, 0.717) is 6.07 Å².